The van der Waals surface area contributed by atoms with Gasteiger partial charge in [-0.2, -0.15) is 5.10 Å². The third-order valence-corrected chi connectivity index (χ3v) is 4.71. The van der Waals surface area contributed by atoms with E-state index in [9.17, 15) is 4.79 Å². The maximum Gasteiger partial charge on any atom is 0.256 e. The zero-order valence-electron chi connectivity index (χ0n) is 13.5. The van der Waals surface area contributed by atoms with Crippen LogP contribution < -0.4 is 0 Å². The van der Waals surface area contributed by atoms with E-state index in [2.05, 4.69) is 10.1 Å². The average Bonchev–Trinajstić information content (AvgIpc) is 3.14. The first kappa shape index (κ1) is 14.9. The zero-order chi connectivity index (χ0) is 16.4. The van der Waals surface area contributed by atoms with Crippen molar-refractivity contribution in [2.75, 3.05) is 6.54 Å². The molecule has 0 radical (unpaired) electrons. The van der Waals surface area contributed by atoms with Crippen LogP contribution in [0.4, 0.5) is 0 Å². The second kappa shape index (κ2) is 6.43. The highest BCUT2D eigenvalue weighted by Gasteiger charge is 2.28. The molecule has 1 amide bonds. The molecule has 1 aliphatic rings. The number of hydrogen-bond acceptors (Lipinski definition) is 3. The number of pyridine rings is 1. The van der Waals surface area contributed by atoms with Gasteiger partial charge in [-0.25, -0.2) is 0 Å². The molecule has 0 N–H and O–H groups in total. The predicted molar refractivity (Wildman–Crippen MR) is 92.6 cm³/mol. The molecule has 0 unspecified atom stereocenters. The summed E-state index contributed by atoms with van der Waals surface area (Å²) in [4.78, 5) is 19.7. The smallest absolute Gasteiger partial charge is 0.256 e. The number of para-hydroxylation sites is 1. The molecule has 3 aromatic rings. The summed E-state index contributed by atoms with van der Waals surface area (Å²) >= 11 is 0. The molecule has 1 aromatic carbocycles. The van der Waals surface area contributed by atoms with Crippen molar-refractivity contribution in [1.29, 1.82) is 0 Å². The second-order valence-corrected chi connectivity index (χ2v) is 6.26. The van der Waals surface area contributed by atoms with Gasteiger partial charge in [0.25, 0.3) is 5.91 Å². The Hall–Kier alpha value is -2.69. The van der Waals surface area contributed by atoms with Crippen LogP contribution in [0.3, 0.4) is 0 Å². The molecule has 0 saturated carbocycles. The number of amides is 1. The first-order valence-electron chi connectivity index (χ1n) is 8.45. The maximum absolute atomic E-state index is 13.2. The average molecular weight is 320 g/mol. The normalized spacial score (nSPS) is 18.0. The van der Waals surface area contributed by atoms with E-state index in [0.29, 0.717) is 5.56 Å². The van der Waals surface area contributed by atoms with E-state index in [-0.39, 0.29) is 11.9 Å². The summed E-state index contributed by atoms with van der Waals surface area (Å²) in [5, 5.41) is 5.30. The van der Waals surface area contributed by atoms with Crippen molar-refractivity contribution < 1.29 is 4.79 Å². The number of rotatable bonds is 3. The minimum absolute atomic E-state index is 0.0798. The lowest BCUT2D eigenvalue weighted by Crippen LogP contribution is -2.46. The summed E-state index contributed by atoms with van der Waals surface area (Å²) in [7, 11) is 0. The highest BCUT2D eigenvalue weighted by Crippen LogP contribution is 2.24. The van der Waals surface area contributed by atoms with Crippen LogP contribution in [0.1, 0.15) is 29.6 Å². The molecule has 1 aliphatic heterocycles. The van der Waals surface area contributed by atoms with Gasteiger partial charge in [0, 0.05) is 30.5 Å². The lowest BCUT2D eigenvalue weighted by Gasteiger charge is -2.36. The number of nitrogens with zero attached hydrogens (tertiary/aromatic N) is 4. The topological polar surface area (TPSA) is 51.0 Å². The standard InChI is InChI=1S/C19H20N4O/c24-19(17-9-3-6-15-7-4-10-20-18(15)17)23-13-2-1-8-16(23)14-22-12-5-11-21-22/h3-7,9-12,16H,1-2,8,13-14H2/t16-/m0/s1. The van der Waals surface area contributed by atoms with Crippen molar-refractivity contribution in [3.63, 3.8) is 0 Å². The minimum Gasteiger partial charge on any atom is -0.334 e. The van der Waals surface area contributed by atoms with Crippen LogP contribution in [0.25, 0.3) is 10.9 Å². The van der Waals surface area contributed by atoms with Crippen LogP contribution in [-0.4, -0.2) is 38.2 Å². The number of fused-ring (bicyclic) bond motifs is 1. The van der Waals surface area contributed by atoms with Crippen molar-refractivity contribution in [3.8, 4) is 0 Å². The number of piperidine rings is 1. The van der Waals surface area contributed by atoms with Crippen molar-refractivity contribution in [3.05, 3.63) is 60.6 Å². The van der Waals surface area contributed by atoms with Crippen LogP contribution in [0.15, 0.2) is 55.0 Å². The van der Waals surface area contributed by atoms with Crippen LogP contribution in [-0.2, 0) is 6.54 Å². The van der Waals surface area contributed by atoms with Crippen molar-refractivity contribution in [1.82, 2.24) is 19.7 Å². The van der Waals surface area contributed by atoms with Gasteiger partial charge in [0.05, 0.1) is 23.7 Å². The van der Waals surface area contributed by atoms with Gasteiger partial charge in [0.2, 0.25) is 0 Å². The summed E-state index contributed by atoms with van der Waals surface area (Å²) in [6, 6.07) is 11.8. The lowest BCUT2D eigenvalue weighted by atomic mass is 10.00. The van der Waals surface area contributed by atoms with E-state index in [1.54, 1.807) is 12.4 Å². The van der Waals surface area contributed by atoms with Gasteiger partial charge in [-0.1, -0.05) is 18.2 Å². The molecule has 122 valence electrons. The van der Waals surface area contributed by atoms with Gasteiger partial charge in [0.1, 0.15) is 0 Å². The molecule has 1 saturated heterocycles. The lowest BCUT2D eigenvalue weighted by molar-refractivity contribution is 0.0585. The van der Waals surface area contributed by atoms with Crippen LogP contribution in [0.2, 0.25) is 0 Å². The number of carbonyl (C=O) groups excluding carboxylic acids is 1. The molecule has 0 aliphatic carbocycles. The molecule has 3 heterocycles. The van der Waals surface area contributed by atoms with Crippen molar-refractivity contribution in [2.24, 2.45) is 0 Å². The first-order valence-corrected chi connectivity index (χ1v) is 8.45. The Morgan fingerprint density at radius 1 is 1.12 bits per heavy atom. The third-order valence-electron chi connectivity index (χ3n) is 4.71. The van der Waals surface area contributed by atoms with E-state index in [0.717, 1.165) is 43.3 Å². The number of likely N-dealkylation sites (tertiary alicyclic amines) is 1. The molecule has 1 atom stereocenters. The molecule has 2 aromatic heterocycles. The third kappa shape index (κ3) is 2.77. The monoisotopic (exact) mass is 320 g/mol. The second-order valence-electron chi connectivity index (χ2n) is 6.26. The Morgan fingerprint density at radius 2 is 2.04 bits per heavy atom. The fourth-order valence-electron chi connectivity index (χ4n) is 3.51. The fourth-order valence-corrected chi connectivity index (χ4v) is 3.51. The molecule has 4 rings (SSSR count). The Morgan fingerprint density at radius 3 is 2.92 bits per heavy atom. The van der Waals surface area contributed by atoms with Gasteiger partial charge in [-0.15, -0.1) is 0 Å². The SMILES string of the molecule is O=C(c1cccc2cccnc12)N1CCCC[C@H]1Cn1cccn1. The molecular weight excluding hydrogens is 300 g/mol. The molecule has 5 heteroatoms. The van der Waals surface area contributed by atoms with E-state index < -0.39 is 0 Å². The summed E-state index contributed by atoms with van der Waals surface area (Å²) < 4.78 is 1.91. The molecular formula is C19H20N4O. The zero-order valence-corrected chi connectivity index (χ0v) is 13.5. The minimum atomic E-state index is 0.0798. The summed E-state index contributed by atoms with van der Waals surface area (Å²) in [5.74, 6) is 0.0798. The molecule has 0 spiro atoms. The van der Waals surface area contributed by atoms with Crippen LogP contribution in [0, 0.1) is 0 Å². The highest BCUT2D eigenvalue weighted by molar-refractivity contribution is 6.05. The van der Waals surface area contributed by atoms with Crippen LogP contribution >= 0.6 is 0 Å². The molecule has 5 nitrogen and oxygen atoms in total. The predicted octanol–water partition coefficient (Wildman–Crippen LogP) is 3.13. The summed E-state index contributed by atoms with van der Waals surface area (Å²) in [6.07, 6.45) is 8.71. The van der Waals surface area contributed by atoms with Gasteiger partial charge in [0.15, 0.2) is 0 Å². The fraction of sp³-hybridized carbons (Fsp3) is 0.316. The number of benzene rings is 1. The van der Waals surface area contributed by atoms with Gasteiger partial charge in [-0.05, 0) is 37.5 Å². The Kier molecular flexibility index (Phi) is 3.99. The van der Waals surface area contributed by atoms with E-state index in [1.807, 2.05) is 52.2 Å². The summed E-state index contributed by atoms with van der Waals surface area (Å²) in [6.45, 7) is 1.55. The molecule has 1 fully saturated rings. The number of hydrogen-bond donors (Lipinski definition) is 0. The van der Waals surface area contributed by atoms with Gasteiger partial charge < -0.3 is 4.90 Å². The Labute approximate surface area is 140 Å². The molecule has 0 bridgehead atoms. The Balaban J connectivity index is 1.65. The maximum atomic E-state index is 13.2. The van der Waals surface area contributed by atoms with Crippen LogP contribution in [0.5, 0.6) is 0 Å². The number of aromatic nitrogens is 3. The Bertz CT molecular complexity index is 838. The van der Waals surface area contributed by atoms with E-state index in [4.69, 9.17) is 0 Å². The summed E-state index contributed by atoms with van der Waals surface area (Å²) in [5.41, 5.74) is 1.48. The van der Waals surface area contributed by atoms with Crippen molar-refractivity contribution in [2.45, 2.75) is 31.8 Å². The van der Waals surface area contributed by atoms with Gasteiger partial charge in [-0.3, -0.25) is 14.5 Å². The van der Waals surface area contributed by atoms with Crippen molar-refractivity contribution >= 4 is 16.8 Å². The molecule has 24 heavy (non-hydrogen) atoms. The highest BCUT2D eigenvalue weighted by atomic mass is 16.2. The first-order chi connectivity index (χ1) is 11.8. The number of carbonyl (C=O) groups is 1. The largest absolute Gasteiger partial charge is 0.334 e. The van der Waals surface area contributed by atoms with E-state index >= 15 is 0 Å². The van der Waals surface area contributed by atoms with Gasteiger partial charge >= 0.3 is 0 Å². The van der Waals surface area contributed by atoms with E-state index in [1.165, 1.54) is 0 Å². The quantitative estimate of drug-likeness (QED) is 0.745.